The van der Waals surface area contributed by atoms with Crippen LogP contribution in [0.4, 0.5) is 18.9 Å². The second kappa shape index (κ2) is 9.71. The number of benzene rings is 2. The molecular weight excluding hydrogens is 461 g/mol. The number of carboxylic acids is 1. The molecule has 0 unspecified atom stereocenters. The Morgan fingerprint density at radius 1 is 1.03 bits per heavy atom. The van der Waals surface area contributed by atoms with Crippen molar-refractivity contribution in [1.82, 2.24) is 4.90 Å². The van der Waals surface area contributed by atoms with E-state index in [9.17, 15) is 27.6 Å². The van der Waals surface area contributed by atoms with Crippen LogP contribution in [0.2, 0.25) is 0 Å². The number of halogens is 3. The predicted octanol–water partition coefficient (Wildman–Crippen LogP) is 5.29. The number of rotatable bonds is 6. The van der Waals surface area contributed by atoms with Crippen molar-refractivity contribution >= 4 is 23.5 Å². The second-order valence-corrected chi connectivity index (χ2v) is 8.99. The maximum absolute atomic E-state index is 13.6. The number of hydrogen-bond donors (Lipinski definition) is 1. The van der Waals surface area contributed by atoms with Crippen LogP contribution in [0.25, 0.3) is 0 Å². The molecule has 1 saturated carbocycles. The number of carbonyl (C=O) groups excluding carboxylic acids is 2. The van der Waals surface area contributed by atoms with E-state index >= 15 is 0 Å². The third kappa shape index (κ3) is 4.76. The predicted molar refractivity (Wildman–Crippen MR) is 123 cm³/mol. The minimum atomic E-state index is -4.49. The summed E-state index contributed by atoms with van der Waals surface area (Å²) in [6, 6.07) is 11.0. The van der Waals surface area contributed by atoms with Crippen LogP contribution in [0, 0.1) is 5.92 Å². The lowest BCUT2D eigenvalue weighted by molar-refractivity contribution is -0.142. The molecular formula is C26H27F3N2O4. The number of carbonyl (C=O) groups is 3. The Balaban J connectivity index is 1.72. The highest BCUT2D eigenvalue weighted by molar-refractivity contribution is 6.07. The summed E-state index contributed by atoms with van der Waals surface area (Å²) in [5.74, 6) is -1.72. The van der Waals surface area contributed by atoms with Gasteiger partial charge >= 0.3 is 12.1 Å². The molecule has 0 spiro atoms. The number of carboxylic acid groups (broad SMARTS) is 1. The molecule has 1 N–H and O–H groups in total. The number of anilines is 1. The van der Waals surface area contributed by atoms with Gasteiger partial charge in [0.2, 0.25) is 5.91 Å². The topological polar surface area (TPSA) is 77.9 Å². The minimum Gasteiger partial charge on any atom is -0.481 e. The highest BCUT2D eigenvalue weighted by atomic mass is 19.4. The van der Waals surface area contributed by atoms with Gasteiger partial charge in [-0.15, -0.1) is 0 Å². The molecule has 1 fully saturated rings. The van der Waals surface area contributed by atoms with Crippen molar-refractivity contribution < 1.29 is 32.7 Å². The van der Waals surface area contributed by atoms with E-state index in [1.165, 1.54) is 12.1 Å². The molecule has 1 heterocycles. The zero-order valence-corrected chi connectivity index (χ0v) is 19.3. The molecule has 2 aromatic carbocycles. The smallest absolute Gasteiger partial charge is 0.416 e. The van der Waals surface area contributed by atoms with Gasteiger partial charge in [0.1, 0.15) is 0 Å². The van der Waals surface area contributed by atoms with Crippen molar-refractivity contribution in [3.05, 3.63) is 65.2 Å². The number of fused-ring (bicyclic) bond motifs is 2. The largest absolute Gasteiger partial charge is 0.481 e. The second-order valence-electron chi connectivity index (χ2n) is 8.99. The first-order chi connectivity index (χ1) is 16.6. The van der Waals surface area contributed by atoms with E-state index in [-0.39, 0.29) is 48.2 Å². The van der Waals surface area contributed by atoms with E-state index in [0.717, 1.165) is 30.5 Å². The molecule has 0 aromatic heterocycles. The summed E-state index contributed by atoms with van der Waals surface area (Å²) >= 11 is 0. The van der Waals surface area contributed by atoms with Crippen molar-refractivity contribution in [2.75, 3.05) is 11.4 Å². The van der Waals surface area contributed by atoms with Gasteiger partial charge in [-0.3, -0.25) is 14.4 Å². The standard InChI is InChI=1S/C26H27F3N2O4/c1-2-30(22(32)14-15-23(33)34)24-18-6-3-4-8-20(18)31(21-9-5-7-19(21)24)25(35)16-10-12-17(13-11-16)26(27,28)29/h3-4,6,8,10-13,19,21,24H,2,5,7,9,14-15H2,1H3,(H,33,34)/t19-,21+,24-/m0/s1. The summed E-state index contributed by atoms with van der Waals surface area (Å²) in [7, 11) is 0. The van der Waals surface area contributed by atoms with Crippen molar-refractivity contribution in [2.45, 2.75) is 57.3 Å². The van der Waals surface area contributed by atoms with Gasteiger partial charge in [0.25, 0.3) is 5.91 Å². The molecule has 6 nitrogen and oxygen atoms in total. The summed E-state index contributed by atoms with van der Waals surface area (Å²) in [5.41, 5.74) is 0.781. The number of hydrogen-bond acceptors (Lipinski definition) is 3. The van der Waals surface area contributed by atoms with Crippen LogP contribution in [0.15, 0.2) is 48.5 Å². The summed E-state index contributed by atoms with van der Waals surface area (Å²) in [6.07, 6.45) is -2.51. The van der Waals surface area contributed by atoms with Crippen molar-refractivity contribution in [2.24, 2.45) is 5.92 Å². The first-order valence-electron chi connectivity index (χ1n) is 11.7. The molecule has 35 heavy (non-hydrogen) atoms. The van der Waals surface area contributed by atoms with E-state index in [4.69, 9.17) is 5.11 Å². The van der Waals surface area contributed by atoms with Crippen LogP contribution in [0.5, 0.6) is 0 Å². The summed E-state index contributed by atoms with van der Waals surface area (Å²) < 4.78 is 39.0. The van der Waals surface area contributed by atoms with E-state index < -0.39 is 17.7 Å². The fourth-order valence-electron chi connectivity index (χ4n) is 5.51. The average molecular weight is 489 g/mol. The highest BCUT2D eigenvalue weighted by Crippen LogP contribution is 2.50. The molecule has 2 amide bonds. The Labute approximate surface area is 201 Å². The SMILES string of the molecule is CCN(C(=O)CCC(=O)O)[C@H]1c2ccccc2N(C(=O)c2ccc(C(F)(F)F)cc2)[C@@H]2CCC[C@@H]21. The van der Waals surface area contributed by atoms with Crippen molar-refractivity contribution in [1.29, 1.82) is 0 Å². The van der Waals surface area contributed by atoms with Gasteiger partial charge in [-0.05, 0) is 55.7 Å². The molecule has 0 radical (unpaired) electrons. The highest BCUT2D eigenvalue weighted by Gasteiger charge is 2.48. The first kappa shape index (κ1) is 24.8. The lowest BCUT2D eigenvalue weighted by Gasteiger charge is -2.47. The Morgan fingerprint density at radius 3 is 2.34 bits per heavy atom. The quantitative estimate of drug-likeness (QED) is 0.600. The number of nitrogens with zero attached hydrogens (tertiary/aromatic N) is 2. The Morgan fingerprint density at radius 2 is 1.71 bits per heavy atom. The van der Waals surface area contributed by atoms with Crippen molar-refractivity contribution in [3.63, 3.8) is 0 Å². The fraction of sp³-hybridized carbons (Fsp3) is 0.423. The zero-order valence-electron chi connectivity index (χ0n) is 19.3. The minimum absolute atomic E-state index is 0.0583. The summed E-state index contributed by atoms with van der Waals surface area (Å²) in [4.78, 5) is 41.1. The monoisotopic (exact) mass is 488 g/mol. The lowest BCUT2D eigenvalue weighted by Crippen LogP contribution is -2.52. The van der Waals surface area contributed by atoms with Gasteiger partial charge < -0.3 is 14.9 Å². The van der Waals surface area contributed by atoms with E-state index in [2.05, 4.69) is 0 Å². The molecule has 0 bridgehead atoms. The summed E-state index contributed by atoms with van der Waals surface area (Å²) in [5, 5.41) is 9.02. The van der Waals surface area contributed by atoms with Crippen molar-refractivity contribution in [3.8, 4) is 0 Å². The number of aliphatic carboxylic acids is 1. The maximum atomic E-state index is 13.6. The first-order valence-corrected chi connectivity index (χ1v) is 11.7. The van der Waals surface area contributed by atoms with E-state index in [0.29, 0.717) is 18.7 Å². The van der Waals surface area contributed by atoms with Gasteiger partial charge in [-0.1, -0.05) is 24.6 Å². The molecule has 3 atom stereocenters. The average Bonchev–Trinajstić information content (AvgIpc) is 3.31. The maximum Gasteiger partial charge on any atom is 0.416 e. The lowest BCUT2D eigenvalue weighted by atomic mass is 9.81. The third-order valence-electron chi connectivity index (χ3n) is 7.01. The molecule has 2 aliphatic rings. The van der Waals surface area contributed by atoms with Gasteiger partial charge in [0.05, 0.1) is 18.0 Å². The molecule has 186 valence electrons. The van der Waals surface area contributed by atoms with Crippen LogP contribution in [0.3, 0.4) is 0 Å². The number of para-hydroxylation sites is 1. The van der Waals surface area contributed by atoms with E-state index in [1.54, 1.807) is 21.9 Å². The zero-order chi connectivity index (χ0) is 25.3. The molecule has 4 rings (SSSR count). The van der Waals surface area contributed by atoms with Crippen LogP contribution in [-0.4, -0.2) is 40.4 Å². The van der Waals surface area contributed by atoms with Gasteiger partial charge in [0.15, 0.2) is 0 Å². The van der Waals surface area contributed by atoms with Crippen LogP contribution < -0.4 is 4.90 Å². The Hall–Kier alpha value is -3.36. The normalized spacial score (nSPS) is 21.3. The van der Waals surface area contributed by atoms with Gasteiger partial charge in [-0.2, -0.15) is 13.2 Å². The van der Waals surface area contributed by atoms with Crippen LogP contribution in [-0.2, 0) is 15.8 Å². The third-order valence-corrected chi connectivity index (χ3v) is 7.01. The molecule has 1 aliphatic heterocycles. The number of alkyl halides is 3. The Kier molecular flexibility index (Phi) is 6.87. The van der Waals surface area contributed by atoms with E-state index in [1.807, 2.05) is 19.1 Å². The van der Waals surface area contributed by atoms with Crippen LogP contribution >= 0.6 is 0 Å². The van der Waals surface area contributed by atoms with Crippen LogP contribution in [0.1, 0.15) is 66.6 Å². The van der Waals surface area contributed by atoms with Gasteiger partial charge in [0, 0.05) is 36.2 Å². The van der Waals surface area contributed by atoms with Gasteiger partial charge in [-0.25, -0.2) is 0 Å². The molecule has 9 heteroatoms. The Bertz CT molecular complexity index is 1120. The molecule has 0 saturated heterocycles. The number of amides is 2. The summed E-state index contributed by atoms with van der Waals surface area (Å²) in [6.45, 7) is 2.25. The molecule has 2 aromatic rings. The fourth-order valence-corrected chi connectivity index (χ4v) is 5.51. The molecule has 1 aliphatic carbocycles.